The number of pyridine rings is 1. The van der Waals surface area contributed by atoms with Crippen molar-refractivity contribution >= 4 is 33.5 Å². The first-order valence-electron chi connectivity index (χ1n) is 7.22. The summed E-state index contributed by atoms with van der Waals surface area (Å²) in [5.74, 6) is -0.796. The summed E-state index contributed by atoms with van der Waals surface area (Å²) in [6.07, 6.45) is 2.23. The second kappa shape index (κ2) is 7.87. The van der Waals surface area contributed by atoms with Crippen LogP contribution in [0.25, 0.3) is 0 Å². The van der Waals surface area contributed by atoms with E-state index in [1.165, 1.54) is 6.20 Å². The van der Waals surface area contributed by atoms with Crippen LogP contribution >= 0.6 is 15.9 Å². The maximum atomic E-state index is 12.3. The van der Waals surface area contributed by atoms with E-state index >= 15 is 0 Å². The van der Waals surface area contributed by atoms with Crippen molar-refractivity contribution in [3.05, 3.63) is 57.8 Å². The fourth-order valence-corrected chi connectivity index (χ4v) is 2.22. The van der Waals surface area contributed by atoms with E-state index in [9.17, 15) is 9.59 Å². The lowest BCUT2D eigenvalue weighted by molar-refractivity contribution is 0.0506. The van der Waals surface area contributed by atoms with E-state index in [1.54, 1.807) is 30.3 Å². The largest absolute Gasteiger partial charge is 0.462 e. The third-order valence-electron chi connectivity index (χ3n) is 3.06. The Kier molecular flexibility index (Phi) is 5.87. The standard InChI is InChI=1S/C17H17BrN2O3/c1-3-8-23-17(22)14-9-13(18)6-7-15(14)20-16(21)12-5-4-11(2)19-10-12/h4-7,9-10H,3,8H2,1-2H3,(H,20,21). The predicted octanol–water partition coefficient (Wildman–Crippen LogP) is 3.97. The van der Waals surface area contributed by atoms with E-state index in [4.69, 9.17) is 4.74 Å². The van der Waals surface area contributed by atoms with Crippen molar-refractivity contribution in [1.29, 1.82) is 0 Å². The Morgan fingerprint density at radius 2 is 2.04 bits per heavy atom. The van der Waals surface area contributed by atoms with Gasteiger partial charge in [-0.05, 0) is 43.7 Å². The van der Waals surface area contributed by atoms with Gasteiger partial charge in [-0.25, -0.2) is 4.79 Å². The molecule has 0 radical (unpaired) electrons. The van der Waals surface area contributed by atoms with Crippen LogP contribution in [-0.4, -0.2) is 23.5 Å². The van der Waals surface area contributed by atoms with Crippen molar-refractivity contribution < 1.29 is 14.3 Å². The highest BCUT2D eigenvalue weighted by molar-refractivity contribution is 9.10. The van der Waals surface area contributed by atoms with Crippen LogP contribution in [0.2, 0.25) is 0 Å². The van der Waals surface area contributed by atoms with Crippen molar-refractivity contribution in [3.63, 3.8) is 0 Å². The molecular weight excluding hydrogens is 360 g/mol. The molecule has 120 valence electrons. The highest BCUT2D eigenvalue weighted by atomic mass is 79.9. The number of aromatic nitrogens is 1. The summed E-state index contributed by atoms with van der Waals surface area (Å²) >= 11 is 3.32. The van der Waals surface area contributed by atoms with Crippen LogP contribution in [-0.2, 0) is 4.74 Å². The molecule has 1 aromatic carbocycles. The minimum absolute atomic E-state index is 0.307. The molecular formula is C17H17BrN2O3. The van der Waals surface area contributed by atoms with Crippen molar-refractivity contribution in [2.24, 2.45) is 0 Å². The Labute approximate surface area is 143 Å². The highest BCUT2D eigenvalue weighted by Gasteiger charge is 2.16. The monoisotopic (exact) mass is 376 g/mol. The third-order valence-corrected chi connectivity index (χ3v) is 3.55. The number of carbonyl (C=O) groups is 2. The Balaban J connectivity index is 2.23. The molecule has 2 aromatic rings. The first-order chi connectivity index (χ1) is 11.0. The predicted molar refractivity (Wildman–Crippen MR) is 91.6 cm³/mol. The van der Waals surface area contributed by atoms with E-state index in [-0.39, 0.29) is 5.91 Å². The molecule has 1 heterocycles. The van der Waals surface area contributed by atoms with Crippen molar-refractivity contribution in [1.82, 2.24) is 4.98 Å². The number of ether oxygens (including phenoxy) is 1. The molecule has 0 aliphatic carbocycles. The van der Waals surface area contributed by atoms with Gasteiger partial charge in [0.25, 0.3) is 5.91 Å². The number of hydrogen-bond donors (Lipinski definition) is 1. The molecule has 0 aliphatic heterocycles. The summed E-state index contributed by atoms with van der Waals surface area (Å²) in [5, 5.41) is 2.73. The van der Waals surface area contributed by atoms with Gasteiger partial charge in [-0.15, -0.1) is 0 Å². The molecule has 0 aliphatic rings. The Bertz CT molecular complexity index is 714. The highest BCUT2D eigenvalue weighted by Crippen LogP contribution is 2.22. The number of aryl methyl sites for hydroxylation is 1. The second-order valence-corrected chi connectivity index (χ2v) is 5.88. The summed E-state index contributed by atoms with van der Waals surface area (Å²) in [5.41, 5.74) is 1.96. The quantitative estimate of drug-likeness (QED) is 0.801. The fraction of sp³-hybridized carbons (Fsp3) is 0.235. The second-order valence-electron chi connectivity index (χ2n) is 4.97. The SMILES string of the molecule is CCCOC(=O)c1cc(Br)ccc1NC(=O)c1ccc(C)nc1. The molecule has 0 bridgehead atoms. The first-order valence-corrected chi connectivity index (χ1v) is 8.01. The van der Waals surface area contributed by atoms with E-state index in [2.05, 4.69) is 26.2 Å². The molecule has 1 N–H and O–H groups in total. The van der Waals surface area contributed by atoms with E-state index in [0.29, 0.717) is 23.4 Å². The van der Waals surface area contributed by atoms with E-state index in [0.717, 1.165) is 16.6 Å². The van der Waals surface area contributed by atoms with Crippen molar-refractivity contribution in [3.8, 4) is 0 Å². The van der Waals surface area contributed by atoms with Gasteiger partial charge in [0.05, 0.1) is 23.4 Å². The maximum absolute atomic E-state index is 12.3. The smallest absolute Gasteiger partial charge is 0.340 e. The molecule has 0 unspecified atom stereocenters. The van der Waals surface area contributed by atoms with Gasteiger partial charge in [0.1, 0.15) is 0 Å². The number of rotatable bonds is 5. The summed E-state index contributed by atoms with van der Waals surface area (Å²) in [6.45, 7) is 4.10. The number of amides is 1. The van der Waals surface area contributed by atoms with Crippen LogP contribution in [0.5, 0.6) is 0 Å². The molecule has 0 atom stereocenters. The van der Waals surface area contributed by atoms with E-state index < -0.39 is 5.97 Å². The molecule has 0 fully saturated rings. The molecule has 0 saturated carbocycles. The number of benzene rings is 1. The number of anilines is 1. The molecule has 1 aromatic heterocycles. The summed E-state index contributed by atoms with van der Waals surface area (Å²) in [4.78, 5) is 28.5. The van der Waals surface area contributed by atoms with Gasteiger partial charge in [-0.2, -0.15) is 0 Å². The molecule has 23 heavy (non-hydrogen) atoms. The zero-order valence-corrected chi connectivity index (χ0v) is 14.5. The van der Waals surface area contributed by atoms with Gasteiger partial charge in [-0.1, -0.05) is 22.9 Å². The third kappa shape index (κ3) is 4.63. The molecule has 6 heteroatoms. The van der Waals surface area contributed by atoms with Crippen LogP contribution in [0, 0.1) is 6.92 Å². The Hall–Kier alpha value is -2.21. The van der Waals surface area contributed by atoms with Gasteiger partial charge in [0.15, 0.2) is 0 Å². The van der Waals surface area contributed by atoms with Gasteiger partial charge in [0, 0.05) is 16.4 Å². The summed E-state index contributed by atoms with van der Waals surface area (Å²) in [6, 6.07) is 8.48. The molecule has 1 amide bonds. The number of halogens is 1. The zero-order chi connectivity index (χ0) is 16.8. The molecule has 5 nitrogen and oxygen atoms in total. The lowest BCUT2D eigenvalue weighted by atomic mass is 10.1. The number of hydrogen-bond acceptors (Lipinski definition) is 4. The van der Waals surface area contributed by atoms with Gasteiger partial charge in [0.2, 0.25) is 0 Å². The summed E-state index contributed by atoms with van der Waals surface area (Å²) < 4.78 is 5.88. The van der Waals surface area contributed by atoms with Crippen LogP contribution in [0.3, 0.4) is 0 Å². The Morgan fingerprint density at radius 1 is 1.26 bits per heavy atom. The number of carbonyl (C=O) groups excluding carboxylic acids is 2. The minimum atomic E-state index is -0.467. The fourth-order valence-electron chi connectivity index (χ4n) is 1.86. The molecule has 0 saturated heterocycles. The number of nitrogens with zero attached hydrogens (tertiary/aromatic N) is 1. The van der Waals surface area contributed by atoms with Crippen LogP contribution < -0.4 is 5.32 Å². The van der Waals surface area contributed by atoms with Crippen LogP contribution in [0.15, 0.2) is 41.0 Å². The topological polar surface area (TPSA) is 68.3 Å². The van der Waals surface area contributed by atoms with Gasteiger partial charge >= 0.3 is 5.97 Å². The molecule has 0 spiro atoms. The number of nitrogens with one attached hydrogen (secondary N) is 1. The lowest BCUT2D eigenvalue weighted by Gasteiger charge is -2.11. The normalized spacial score (nSPS) is 10.2. The lowest BCUT2D eigenvalue weighted by Crippen LogP contribution is -2.16. The minimum Gasteiger partial charge on any atom is -0.462 e. The van der Waals surface area contributed by atoms with Gasteiger partial charge in [-0.3, -0.25) is 9.78 Å². The van der Waals surface area contributed by atoms with Crippen molar-refractivity contribution in [2.75, 3.05) is 11.9 Å². The maximum Gasteiger partial charge on any atom is 0.340 e. The zero-order valence-electron chi connectivity index (χ0n) is 12.9. The summed E-state index contributed by atoms with van der Waals surface area (Å²) in [7, 11) is 0. The van der Waals surface area contributed by atoms with Crippen molar-refractivity contribution in [2.45, 2.75) is 20.3 Å². The molecule has 2 rings (SSSR count). The first kappa shape index (κ1) is 17.1. The van der Waals surface area contributed by atoms with Gasteiger partial charge < -0.3 is 10.1 Å². The Morgan fingerprint density at radius 3 is 2.70 bits per heavy atom. The van der Waals surface area contributed by atoms with E-state index in [1.807, 2.05) is 13.8 Å². The average molecular weight is 377 g/mol. The number of esters is 1. The average Bonchev–Trinajstić information content (AvgIpc) is 2.54. The van der Waals surface area contributed by atoms with Crippen LogP contribution in [0.4, 0.5) is 5.69 Å². The van der Waals surface area contributed by atoms with Crippen LogP contribution in [0.1, 0.15) is 39.8 Å².